The summed E-state index contributed by atoms with van der Waals surface area (Å²) in [5.41, 5.74) is 0.293. The van der Waals surface area contributed by atoms with Crippen molar-refractivity contribution in [2.45, 2.75) is 6.42 Å². The maximum absolute atomic E-state index is 11.8. The summed E-state index contributed by atoms with van der Waals surface area (Å²) in [5.74, 6) is 1.16. The number of imidazole rings is 1. The molecule has 2 rings (SSSR count). The van der Waals surface area contributed by atoms with Gasteiger partial charge in [0, 0.05) is 32.4 Å². The van der Waals surface area contributed by atoms with Crippen molar-refractivity contribution in [3.8, 4) is 0 Å². The molecule has 3 N–H and O–H groups in total. The largest absolute Gasteiger partial charge is 0.372 e. The van der Waals surface area contributed by atoms with E-state index in [1.807, 2.05) is 0 Å². The smallest absolute Gasteiger partial charge is 0.271 e. The van der Waals surface area contributed by atoms with Crippen LogP contribution in [0, 0.1) is 0 Å². The number of rotatable bonds is 5. The predicted octanol–water partition coefficient (Wildman–Crippen LogP) is 0.214. The first kappa shape index (κ1) is 12.0. The number of nitrogens with zero attached hydrogens (tertiary/aromatic N) is 3. The van der Waals surface area contributed by atoms with Gasteiger partial charge in [-0.25, -0.2) is 9.97 Å². The molecule has 18 heavy (non-hydrogen) atoms. The Morgan fingerprint density at radius 2 is 2.33 bits per heavy atom. The molecule has 94 valence electrons. The minimum Gasteiger partial charge on any atom is -0.372 e. The fourth-order valence-electron chi connectivity index (χ4n) is 1.42. The summed E-state index contributed by atoms with van der Waals surface area (Å²) in [6.45, 7) is 0.498. The summed E-state index contributed by atoms with van der Waals surface area (Å²) in [6, 6.07) is 0. The van der Waals surface area contributed by atoms with Crippen LogP contribution in [0.4, 0.5) is 5.82 Å². The molecule has 0 aliphatic carbocycles. The number of anilines is 1. The van der Waals surface area contributed by atoms with Crippen molar-refractivity contribution in [2.75, 3.05) is 18.9 Å². The van der Waals surface area contributed by atoms with Gasteiger partial charge < -0.3 is 15.6 Å². The third-order valence-electron chi connectivity index (χ3n) is 2.33. The molecule has 0 atom stereocenters. The molecule has 0 radical (unpaired) electrons. The lowest BCUT2D eigenvalue weighted by atomic mass is 10.3. The van der Waals surface area contributed by atoms with Gasteiger partial charge in [0.2, 0.25) is 0 Å². The molecule has 2 heterocycles. The van der Waals surface area contributed by atoms with Crippen molar-refractivity contribution >= 4 is 11.7 Å². The molecule has 0 aliphatic rings. The summed E-state index contributed by atoms with van der Waals surface area (Å²) in [4.78, 5) is 26.8. The topological polar surface area (TPSA) is 95.6 Å². The van der Waals surface area contributed by atoms with Crippen LogP contribution in [-0.4, -0.2) is 39.4 Å². The number of H-pyrrole nitrogens is 1. The Morgan fingerprint density at radius 3 is 3.06 bits per heavy atom. The third-order valence-corrected chi connectivity index (χ3v) is 2.33. The highest BCUT2D eigenvalue weighted by molar-refractivity contribution is 5.92. The first-order valence-electron chi connectivity index (χ1n) is 5.56. The van der Waals surface area contributed by atoms with E-state index in [4.69, 9.17) is 0 Å². The average molecular weight is 246 g/mol. The molecule has 0 saturated heterocycles. The monoisotopic (exact) mass is 246 g/mol. The maximum atomic E-state index is 11.8. The first-order valence-corrected chi connectivity index (χ1v) is 5.56. The number of carbonyl (C=O) groups is 1. The van der Waals surface area contributed by atoms with Gasteiger partial charge >= 0.3 is 0 Å². The zero-order chi connectivity index (χ0) is 12.8. The Hall–Kier alpha value is -2.44. The number of aromatic amines is 1. The van der Waals surface area contributed by atoms with Gasteiger partial charge in [0.05, 0.1) is 12.4 Å². The fraction of sp³-hybridized carbons (Fsp3) is 0.273. The lowest BCUT2D eigenvalue weighted by molar-refractivity contribution is 0.0948. The third kappa shape index (κ3) is 3.03. The van der Waals surface area contributed by atoms with Crippen LogP contribution in [0.1, 0.15) is 16.3 Å². The predicted molar refractivity (Wildman–Crippen MR) is 66.2 cm³/mol. The summed E-state index contributed by atoms with van der Waals surface area (Å²) in [5, 5.41) is 5.59. The zero-order valence-electron chi connectivity index (χ0n) is 9.97. The quantitative estimate of drug-likeness (QED) is 0.701. The molecule has 0 aliphatic heterocycles. The van der Waals surface area contributed by atoms with Gasteiger partial charge in [-0.1, -0.05) is 0 Å². The van der Waals surface area contributed by atoms with Gasteiger partial charge in [0.15, 0.2) is 0 Å². The molecule has 2 aromatic heterocycles. The van der Waals surface area contributed by atoms with Crippen LogP contribution >= 0.6 is 0 Å². The fourth-order valence-corrected chi connectivity index (χ4v) is 1.42. The van der Waals surface area contributed by atoms with E-state index in [1.54, 1.807) is 25.6 Å². The number of amides is 1. The summed E-state index contributed by atoms with van der Waals surface area (Å²) < 4.78 is 0. The van der Waals surface area contributed by atoms with E-state index < -0.39 is 0 Å². The number of aromatic nitrogens is 4. The summed E-state index contributed by atoms with van der Waals surface area (Å²) in [6.07, 6.45) is 7.07. The molecule has 0 saturated carbocycles. The molecular formula is C11H14N6O. The molecule has 7 heteroatoms. The van der Waals surface area contributed by atoms with Crippen molar-refractivity contribution in [3.63, 3.8) is 0 Å². The minimum atomic E-state index is -0.244. The average Bonchev–Trinajstić information content (AvgIpc) is 2.92. The molecular weight excluding hydrogens is 232 g/mol. The van der Waals surface area contributed by atoms with Gasteiger partial charge in [-0.15, -0.1) is 0 Å². The van der Waals surface area contributed by atoms with Crippen LogP contribution in [0.3, 0.4) is 0 Å². The highest BCUT2D eigenvalue weighted by atomic mass is 16.1. The van der Waals surface area contributed by atoms with Crippen LogP contribution < -0.4 is 10.6 Å². The van der Waals surface area contributed by atoms with Gasteiger partial charge in [-0.2, -0.15) is 0 Å². The Balaban J connectivity index is 1.87. The van der Waals surface area contributed by atoms with Crippen LogP contribution in [-0.2, 0) is 6.42 Å². The second kappa shape index (κ2) is 5.76. The van der Waals surface area contributed by atoms with Gasteiger partial charge in [0.1, 0.15) is 17.3 Å². The molecule has 0 unspecified atom stereocenters. The second-order valence-corrected chi connectivity index (χ2v) is 3.58. The zero-order valence-corrected chi connectivity index (χ0v) is 9.97. The lowest BCUT2D eigenvalue weighted by Gasteiger charge is -2.04. The molecule has 0 spiro atoms. The minimum absolute atomic E-state index is 0.244. The number of hydrogen-bond acceptors (Lipinski definition) is 5. The summed E-state index contributed by atoms with van der Waals surface area (Å²) in [7, 11) is 1.72. The van der Waals surface area contributed by atoms with Crippen molar-refractivity contribution in [2.24, 2.45) is 0 Å². The molecule has 0 aromatic carbocycles. The van der Waals surface area contributed by atoms with Crippen LogP contribution in [0.25, 0.3) is 0 Å². The van der Waals surface area contributed by atoms with E-state index in [2.05, 4.69) is 30.6 Å². The van der Waals surface area contributed by atoms with E-state index in [0.717, 1.165) is 5.82 Å². The van der Waals surface area contributed by atoms with E-state index in [1.165, 1.54) is 6.20 Å². The SMILES string of the molecule is CNc1cncc(C(=O)NCCc2ncc[nH]2)n1. The molecule has 2 aromatic rings. The summed E-state index contributed by atoms with van der Waals surface area (Å²) >= 11 is 0. The Morgan fingerprint density at radius 1 is 1.44 bits per heavy atom. The maximum Gasteiger partial charge on any atom is 0.271 e. The lowest BCUT2D eigenvalue weighted by Crippen LogP contribution is -2.27. The molecule has 7 nitrogen and oxygen atoms in total. The highest BCUT2D eigenvalue weighted by Gasteiger charge is 2.08. The molecule has 1 amide bonds. The van der Waals surface area contributed by atoms with Gasteiger partial charge in [-0.3, -0.25) is 9.78 Å². The van der Waals surface area contributed by atoms with Crippen LogP contribution in [0.2, 0.25) is 0 Å². The Bertz CT molecular complexity index is 510. The van der Waals surface area contributed by atoms with E-state index in [-0.39, 0.29) is 5.91 Å². The van der Waals surface area contributed by atoms with Crippen LogP contribution in [0.5, 0.6) is 0 Å². The Kier molecular flexibility index (Phi) is 3.85. The van der Waals surface area contributed by atoms with Crippen molar-refractivity contribution < 1.29 is 4.79 Å². The van der Waals surface area contributed by atoms with E-state index in [0.29, 0.717) is 24.5 Å². The number of nitrogens with one attached hydrogen (secondary N) is 3. The number of hydrogen-bond donors (Lipinski definition) is 3. The molecule has 0 bridgehead atoms. The van der Waals surface area contributed by atoms with Crippen molar-refractivity contribution in [1.29, 1.82) is 0 Å². The van der Waals surface area contributed by atoms with Gasteiger partial charge in [0.25, 0.3) is 5.91 Å². The van der Waals surface area contributed by atoms with Crippen molar-refractivity contribution in [1.82, 2.24) is 25.3 Å². The second-order valence-electron chi connectivity index (χ2n) is 3.58. The van der Waals surface area contributed by atoms with Crippen molar-refractivity contribution in [3.05, 3.63) is 36.3 Å². The van der Waals surface area contributed by atoms with Crippen LogP contribution in [0.15, 0.2) is 24.8 Å². The van der Waals surface area contributed by atoms with Gasteiger partial charge in [-0.05, 0) is 0 Å². The first-order chi connectivity index (χ1) is 8.79. The molecule has 0 fully saturated rings. The Labute approximate surface area is 104 Å². The normalized spacial score (nSPS) is 10.1. The van der Waals surface area contributed by atoms with E-state index >= 15 is 0 Å². The van der Waals surface area contributed by atoms with E-state index in [9.17, 15) is 4.79 Å². The standard InChI is InChI=1S/C11H14N6O/c1-12-10-7-13-6-8(17-10)11(18)16-3-2-9-14-4-5-15-9/h4-7H,2-3H2,1H3,(H,12,17)(H,14,15)(H,16,18). The number of carbonyl (C=O) groups excluding carboxylic acids is 1. The highest BCUT2D eigenvalue weighted by Crippen LogP contribution is 2.00.